The molecule has 3 fully saturated rings. The predicted molar refractivity (Wildman–Crippen MR) is 47.6 cm³/mol. The van der Waals surface area contributed by atoms with Crippen molar-refractivity contribution in [3.05, 3.63) is 0 Å². The van der Waals surface area contributed by atoms with Gasteiger partial charge in [0, 0.05) is 12.5 Å². The molecule has 3 atom stereocenters. The molecule has 2 heteroatoms. The van der Waals surface area contributed by atoms with Crippen molar-refractivity contribution in [1.29, 1.82) is 0 Å². The molecule has 3 aliphatic rings. The molecule has 68 valence electrons. The summed E-state index contributed by atoms with van der Waals surface area (Å²) < 4.78 is 0. The maximum Gasteiger partial charge on any atom is 0.220 e. The van der Waals surface area contributed by atoms with Gasteiger partial charge in [-0.05, 0) is 23.7 Å². The van der Waals surface area contributed by atoms with Crippen molar-refractivity contribution in [3.63, 3.8) is 0 Å². The standard InChI is InChI=1S/C10H17NO/c1-6-4-9(12)11-8-5-7(6)10(8,2)3/h6-8H,4-5H2,1-3H3,(H,11,12)/t6-,7-,8+/m0/s1. The van der Waals surface area contributed by atoms with E-state index in [1.807, 2.05) is 0 Å². The van der Waals surface area contributed by atoms with Gasteiger partial charge in [-0.3, -0.25) is 4.79 Å². The highest BCUT2D eigenvalue weighted by molar-refractivity contribution is 5.77. The van der Waals surface area contributed by atoms with Crippen LogP contribution in [-0.4, -0.2) is 11.9 Å². The molecule has 0 unspecified atom stereocenters. The molecule has 2 saturated heterocycles. The van der Waals surface area contributed by atoms with Gasteiger partial charge in [0.1, 0.15) is 0 Å². The first-order chi connectivity index (χ1) is 5.51. The van der Waals surface area contributed by atoms with E-state index in [1.165, 1.54) is 6.42 Å². The highest BCUT2D eigenvalue weighted by Crippen LogP contribution is 2.52. The van der Waals surface area contributed by atoms with Crippen molar-refractivity contribution in [3.8, 4) is 0 Å². The monoisotopic (exact) mass is 167 g/mol. The van der Waals surface area contributed by atoms with Gasteiger partial charge in [0.05, 0.1) is 0 Å². The fourth-order valence-corrected chi connectivity index (χ4v) is 2.86. The average Bonchev–Trinajstić information content (AvgIpc) is 2.14. The minimum atomic E-state index is 0.251. The second-order valence-electron chi connectivity index (χ2n) is 4.97. The lowest BCUT2D eigenvalue weighted by atomic mass is 9.55. The smallest absolute Gasteiger partial charge is 0.220 e. The van der Waals surface area contributed by atoms with Crippen molar-refractivity contribution in [2.24, 2.45) is 17.3 Å². The van der Waals surface area contributed by atoms with Crippen LogP contribution in [0, 0.1) is 17.3 Å². The normalized spacial score (nSPS) is 44.2. The summed E-state index contributed by atoms with van der Waals surface area (Å²) in [6, 6.07) is 0.444. The summed E-state index contributed by atoms with van der Waals surface area (Å²) in [5.41, 5.74) is 0.339. The Kier molecular flexibility index (Phi) is 1.51. The van der Waals surface area contributed by atoms with E-state index in [0.29, 0.717) is 17.4 Å². The number of hydrogen-bond donors (Lipinski definition) is 1. The van der Waals surface area contributed by atoms with Crippen LogP contribution in [0.25, 0.3) is 0 Å². The predicted octanol–water partition coefficient (Wildman–Crippen LogP) is 1.56. The van der Waals surface area contributed by atoms with Gasteiger partial charge in [0.15, 0.2) is 0 Å². The van der Waals surface area contributed by atoms with Crippen LogP contribution >= 0.6 is 0 Å². The molecule has 0 spiro atoms. The van der Waals surface area contributed by atoms with Crippen molar-refractivity contribution in [2.45, 2.75) is 39.7 Å². The molecular weight excluding hydrogens is 150 g/mol. The highest BCUT2D eigenvalue weighted by atomic mass is 16.1. The molecule has 0 aromatic heterocycles. The van der Waals surface area contributed by atoms with Crippen molar-refractivity contribution < 1.29 is 4.79 Å². The van der Waals surface area contributed by atoms with E-state index in [9.17, 15) is 4.79 Å². The van der Waals surface area contributed by atoms with E-state index in [1.54, 1.807) is 0 Å². The van der Waals surface area contributed by atoms with Crippen LogP contribution < -0.4 is 5.32 Å². The van der Waals surface area contributed by atoms with Gasteiger partial charge in [-0.15, -0.1) is 0 Å². The van der Waals surface area contributed by atoms with Crippen LogP contribution in [0.1, 0.15) is 33.6 Å². The molecule has 2 heterocycles. The van der Waals surface area contributed by atoms with Gasteiger partial charge < -0.3 is 5.32 Å². The molecule has 2 nitrogen and oxygen atoms in total. The number of hydrogen-bond acceptors (Lipinski definition) is 1. The number of nitrogens with one attached hydrogen (secondary N) is 1. The average molecular weight is 167 g/mol. The van der Waals surface area contributed by atoms with Crippen LogP contribution in [0.4, 0.5) is 0 Å². The Morgan fingerprint density at radius 1 is 1.50 bits per heavy atom. The van der Waals surface area contributed by atoms with E-state index in [2.05, 4.69) is 26.1 Å². The zero-order valence-corrected chi connectivity index (χ0v) is 8.05. The zero-order chi connectivity index (χ0) is 8.93. The summed E-state index contributed by atoms with van der Waals surface area (Å²) in [7, 11) is 0. The van der Waals surface area contributed by atoms with Crippen molar-refractivity contribution >= 4 is 5.91 Å². The maximum absolute atomic E-state index is 11.3. The first-order valence-corrected chi connectivity index (χ1v) is 4.81. The van der Waals surface area contributed by atoms with Gasteiger partial charge in [0.25, 0.3) is 0 Å². The van der Waals surface area contributed by atoms with Crippen molar-refractivity contribution in [2.75, 3.05) is 0 Å². The number of amides is 1. The molecule has 1 N–H and O–H groups in total. The van der Waals surface area contributed by atoms with E-state index < -0.39 is 0 Å². The molecule has 3 rings (SSSR count). The second kappa shape index (κ2) is 2.24. The third-order valence-electron chi connectivity index (χ3n) is 3.87. The molecule has 2 bridgehead atoms. The van der Waals surface area contributed by atoms with Crippen LogP contribution in [0.3, 0.4) is 0 Å². The van der Waals surface area contributed by atoms with Gasteiger partial charge >= 0.3 is 0 Å². The Bertz CT molecular complexity index is 222. The van der Waals surface area contributed by atoms with E-state index in [-0.39, 0.29) is 5.91 Å². The summed E-state index contributed by atoms with van der Waals surface area (Å²) in [6.07, 6.45) is 1.92. The third kappa shape index (κ3) is 0.900. The van der Waals surface area contributed by atoms with Gasteiger partial charge in [-0.2, -0.15) is 0 Å². The second-order valence-corrected chi connectivity index (χ2v) is 4.97. The molecule has 1 saturated carbocycles. The highest BCUT2D eigenvalue weighted by Gasteiger charge is 2.52. The molecule has 1 amide bonds. The Balaban J connectivity index is 2.23. The number of carbonyl (C=O) groups is 1. The molecule has 1 aliphatic carbocycles. The summed E-state index contributed by atoms with van der Waals surface area (Å²) in [5, 5.41) is 3.09. The first kappa shape index (κ1) is 8.09. The lowest BCUT2D eigenvalue weighted by Crippen LogP contribution is -2.56. The van der Waals surface area contributed by atoms with E-state index >= 15 is 0 Å². The minimum absolute atomic E-state index is 0.251. The first-order valence-electron chi connectivity index (χ1n) is 4.81. The van der Waals surface area contributed by atoms with Gasteiger partial charge in [-0.25, -0.2) is 0 Å². The minimum Gasteiger partial charge on any atom is -0.353 e. The number of fused-ring (bicyclic) bond motifs is 3. The molecule has 12 heavy (non-hydrogen) atoms. The fourth-order valence-electron chi connectivity index (χ4n) is 2.86. The molecule has 2 aliphatic heterocycles. The van der Waals surface area contributed by atoms with Gasteiger partial charge in [-0.1, -0.05) is 20.8 Å². The van der Waals surface area contributed by atoms with Crippen LogP contribution in [-0.2, 0) is 4.79 Å². The summed E-state index contributed by atoms with van der Waals surface area (Å²) in [5.74, 6) is 1.57. The largest absolute Gasteiger partial charge is 0.353 e. The lowest BCUT2D eigenvalue weighted by molar-refractivity contribution is -0.122. The summed E-state index contributed by atoms with van der Waals surface area (Å²) in [4.78, 5) is 11.3. The topological polar surface area (TPSA) is 29.1 Å². The fraction of sp³-hybridized carbons (Fsp3) is 0.900. The van der Waals surface area contributed by atoms with E-state index in [0.717, 1.165) is 12.3 Å². The Morgan fingerprint density at radius 3 is 2.75 bits per heavy atom. The van der Waals surface area contributed by atoms with Crippen LogP contribution in [0.15, 0.2) is 0 Å². The summed E-state index contributed by atoms with van der Waals surface area (Å²) >= 11 is 0. The molecular formula is C10H17NO. The summed E-state index contributed by atoms with van der Waals surface area (Å²) in [6.45, 7) is 6.75. The number of carbonyl (C=O) groups excluding carboxylic acids is 1. The van der Waals surface area contributed by atoms with Crippen LogP contribution in [0.2, 0.25) is 0 Å². The number of rotatable bonds is 0. The molecule has 0 aromatic rings. The molecule has 0 radical (unpaired) electrons. The maximum atomic E-state index is 11.3. The lowest BCUT2D eigenvalue weighted by Gasteiger charge is -2.52. The Labute approximate surface area is 73.7 Å². The van der Waals surface area contributed by atoms with Crippen molar-refractivity contribution in [1.82, 2.24) is 5.32 Å². The SMILES string of the molecule is C[C@H]1CC(=O)N[C@@H]2C[C@@H]1C2(C)C. The molecule has 0 aromatic carbocycles. The third-order valence-corrected chi connectivity index (χ3v) is 3.87. The van der Waals surface area contributed by atoms with Gasteiger partial charge in [0.2, 0.25) is 5.91 Å². The Morgan fingerprint density at radius 2 is 2.17 bits per heavy atom. The zero-order valence-electron chi connectivity index (χ0n) is 8.05. The van der Waals surface area contributed by atoms with Crippen LogP contribution in [0.5, 0.6) is 0 Å². The quantitative estimate of drug-likeness (QED) is 0.583. The van der Waals surface area contributed by atoms with E-state index in [4.69, 9.17) is 0 Å². The Hall–Kier alpha value is -0.530.